The molecule has 1 aliphatic carbocycles. The molecule has 0 unspecified atom stereocenters. The minimum absolute atomic E-state index is 0.159. The highest BCUT2D eigenvalue weighted by Gasteiger charge is 2.23. The Hall–Kier alpha value is -2.45. The van der Waals surface area contributed by atoms with Gasteiger partial charge in [0.1, 0.15) is 5.75 Å². The Bertz CT molecular complexity index is 793. The molecule has 1 aromatic heterocycles. The first-order valence-corrected chi connectivity index (χ1v) is 10.4. The largest absolute Gasteiger partial charge is 0.497 e. The van der Waals surface area contributed by atoms with Gasteiger partial charge in [-0.15, -0.1) is 0 Å². The van der Waals surface area contributed by atoms with E-state index in [-0.39, 0.29) is 5.91 Å². The first-order chi connectivity index (χ1) is 14.2. The number of rotatable bonds is 7. The van der Waals surface area contributed by atoms with Crippen LogP contribution in [0.5, 0.6) is 5.75 Å². The molecule has 0 atom stereocenters. The number of amides is 1. The molecule has 2 heterocycles. The zero-order chi connectivity index (χ0) is 20.1. The Morgan fingerprint density at radius 3 is 2.52 bits per heavy atom. The summed E-state index contributed by atoms with van der Waals surface area (Å²) in [5.41, 5.74) is 0.902. The third-order valence-electron chi connectivity index (χ3n) is 5.73. The molecule has 1 aromatic carbocycles. The van der Waals surface area contributed by atoms with Crippen LogP contribution in [0.15, 0.2) is 28.8 Å². The molecule has 2 aliphatic rings. The van der Waals surface area contributed by atoms with Gasteiger partial charge in [-0.2, -0.15) is 4.98 Å². The van der Waals surface area contributed by atoms with Gasteiger partial charge in [-0.05, 0) is 37.1 Å². The van der Waals surface area contributed by atoms with Crippen molar-refractivity contribution < 1.29 is 14.1 Å². The maximum atomic E-state index is 12.2. The molecule has 2 aromatic rings. The third kappa shape index (κ3) is 5.33. The van der Waals surface area contributed by atoms with Gasteiger partial charge in [0.25, 0.3) is 0 Å². The topological polar surface area (TPSA) is 83.7 Å². The molecule has 1 N–H and O–H groups in total. The van der Waals surface area contributed by atoms with Crippen molar-refractivity contribution in [2.75, 3.05) is 39.8 Å². The summed E-state index contributed by atoms with van der Waals surface area (Å²) in [6.07, 6.45) is 4.73. The summed E-state index contributed by atoms with van der Waals surface area (Å²) in [7, 11) is 1.64. The number of nitrogens with one attached hydrogen (secondary N) is 1. The van der Waals surface area contributed by atoms with E-state index in [4.69, 9.17) is 9.26 Å². The summed E-state index contributed by atoms with van der Waals surface area (Å²) in [4.78, 5) is 21.2. The van der Waals surface area contributed by atoms with Crippen LogP contribution < -0.4 is 10.1 Å². The van der Waals surface area contributed by atoms with Crippen LogP contribution in [0, 0.1) is 0 Å². The van der Waals surface area contributed by atoms with Crippen molar-refractivity contribution >= 4 is 5.91 Å². The predicted octanol–water partition coefficient (Wildman–Crippen LogP) is 1.92. The number of aromatic nitrogens is 2. The van der Waals surface area contributed by atoms with Crippen LogP contribution >= 0.6 is 0 Å². The first kappa shape index (κ1) is 19.8. The summed E-state index contributed by atoms with van der Waals surface area (Å²) in [6.45, 7) is 4.64. The van der Waals surface area contributed by atoms with Crippen molar-refractivity contribution in [1.82, 2.24) is 25.3 Å². The van der Waals surface area contributed by atoms with Crippen molar-refractivity contribution in [3.63, 3.8) is 0 Å². The van der Waals surface area contributed by atoms with Gasteiger partial charge >= 0.3 is 0 Å². The molecular formula is C21H29N5O3. The van der Waals surface area contributed by atoms with Crippen LogP contribution in [0.25, 0.3) is 11.4 Å². The molecule has 1 aliphatic heterocycles. The van der Waals surface area contributed by atoms with Crippen LogP contribution in [0.2, 0.25) is 0 Å². The number of methoxy groups -OCH3 is 1. The molecule has 0 spiro atoms. The van der Waals surface area contributed by atoms with Crippen LogP contribution in [-0.4, -0.2) is 71.7 Å². The highest BCUT2D eigenvalue weighted by Crippen LogP contribution is 2.20. The van der Waals surface area contributed by atoms with Gasteiger partial charge < -0.3 is 14.6 Å². The second-order valence-electron chi connectivity index (χ2n) is 7.84. The number of carbonyl (C=O) groups excluding carboxylic acids is 1. The fourth-order valence-electron chi connectivity index (χ4n) is 4.02. The molecule has 156 valence electrons. The Labute approximate surface area is 171 Å². The van der Waals surface area contributed by atoms with Gasteiger partial charge in [0.15, 0.2) is 0 Å². The lowest BCUT2D eigenvalue weighted by Crippen LogP contribution is -2.50. The SMILES string of the molecule is COc1ccc(-c2noc(CN3CCN(CC(=O)NC4CCCC4)CC3)n2)cc1. The Kier molecular flexibility index (Phi) is 6.41. The number of carbonyl (C=O) groups is 1. The molecule has 29 heavy (non-hydrogen) atoms. The first-order valence-electron chi connectivity index (χ1n) is 10.4. The number of hydrogen-bond acceptors (Lipinski definition) is 7. The van der Waals surface area contributed by atoms with Gasteiger partial charge in [-0.1, -0.05) is 18.0 Å². The minimum Gasteiger partial charge on any atom is -0.497 e. The summed E-state index contributed by atoms with van der Waals surface area (Å²) < 4.78 is 10.6. The number of nitrogens with zero attached hydrogens (tertiary/aromatic N) is 4. The van der Waals surface area contributed by atoms with Crippen LogP contribution in [0.4, 0.5) is 0 Å². The van der Waals surface area contributed by atoms with Crippen molar-refractivity contribution in [3.05, 3.63) is 30.2 Å². The number of piperazine rings is 1. The van der Waals surface area contributed by atoms with Gasteiger partial charge in [0, 0.05) is 37.8 Å². The molecule has 1 saturated carbocycles. The molecule has 0 bridgehead atoms. The zero-order valence-electron chi connectivity index (χ0n) is 17.0. The summed E-state index contributed by atoms with van der Waals surface area (Å²) >= 11 is 0. The molecule has 4 rings (SSSR count). The highest BCUT2D eigenvalue weighted by atomic mass is 16.5. The number of benzene rings is 1. The monoisotopic (exact) mass is 399 g/mol. The van der Waals surface area contributed by atoms with Crippen LogP contribution in [-0.2, 0) is 11.3 Å². The van der Waals surface area contributed by atoms with E-state index in [1.807, 2.05) is 24.3 Å². The van der Waals surface area contributed by atoms with E-state index >= 15 is 0 Å². The Balaban J connectivity index is 1.22. The Morgan fingerprint density at radius 2 is 1.83 bits per heavy atom. The average Bonchev–Trinajstić information content (AvgIpc) is 3.42. The lowest BCUT2D eigenvalue weighted by atomic mass is 10.2. The quantitative estimate of drug-likeness (QED) is 0.761. The minimum atomic E-state index is 0.159. The lowest BCUT2D eigenvalue weighted by molar-refractivity contribution is -0.123. The van der Waals surface area contributed by atoms with E-state index in [1.54, 1.807) is 7.11 Å². The molecule has 1 saturated heterocycles. The van der Waals surface area contributed by atoms with E-state index in [9.17, 15) is 4.79 Å². The van der Waals surface area contributed by atoms with E-state index in [0.29, 0.717) is 30.8 Å². The summed E-state index contributed by atoms with van der Waals surface area (Å²) in [5.74, 6) is 2.16. The highest BCUT2D eigenvalue weighted by molar-refractivity contribution is 5.78. The average molecular weight is 399 g/mol. The normalized spacial score (nSPS) is 18.8. The fourth-order valence-corrected chi connectivity index (χ4v) is 4.02. The summed E-state index contributed by atoms with van der Waals surface area (Å²) in [5, 5.41) is 7.26. The number of hydrogen-bond donors (Lipinski definition) is 1. The second-order valence-corrected chi connectivity index (χ2v) is 7.84. The molecule has 2 fully saturated rings. The lowest BCUT2D eigenvalue weighted by Gasteiger charge is -2.33. The van der Waals surface area contributed by atoms with Gasteiger partial charge in [0.2, 0.25) is 17.6 Å². The van der Waals surface area contributed by atoms with Gasteiger partial charge in [-0.3, -0.25) is 14.6 Å². The Morgan fingerprint density at radius 1 is 1.14 bits per heavy atom. The number of ether oxygens (including phenoxy) is 1. The maximum absolute atomic E-state index is 12.2. The van der Waals surface area contributed by atoms with Crippen molar-refractivity contribution in [3.8, 4) is 17.1 Å². The molecule has 1 amide bonds. The smallest absolute Gasteiger partial charge is 0.241 e. The van der Waals surface area contributed by atoms with Crippen LogP contribution in [0.3, 0.4) is 0 Å². The van der Waals surface area contributed by atoms with E-state index < -0.39 is 0 Å². The van der Waals surface area contributed by atoms with E-state index in [2.05, 4.69) is 25.3 Å². The van der Waals surface area contributed by atoms with E-state index in [0.717, 1.165) is 50.3 Å². The zero-order valence-corrected chi connectivity index (χ0v) is 17.0. The van der Waals surface area contributed by atoms with Gasteiger partial charge in [-0.25, -0.2) is 0 Å². The maximum Gasteiger partial charge on any atom is 0.241 e. The third-order valence-corrected chi connectivity index (χ3v) is 5.73. The van der Waals surface area contributed by atoms with Gasteiger partial charge in [0.05, 0.1) is 20.2 Å². The van der Waals surface area contributed by atoms with E-state index in [1.165, 1.54) is 12.8 Å². The second kappa shape index (κ2) is 9.37. The summed E-state index contributed by atoms with van der Waals surface area (Å²) in [6, 6.07) is 7.99. The van der Waals surface area contributed by atoms with Crippen molar-refractivity contribution in [1.29, 1.82) is 0 Å². The standard InChI is InChI=1S/C21H29N5O3/c1-28-18-8-6-16(7-9-18)21-23-20(29-24-21)15-26-12-10-25(11-13-26)14-19(27)22-17-4-2-3-5-17/h6-9,17H,2-5,10-15H2,1H3,(H,22,27). The molecule has 8 heteroatoms. The van der Waals surface area contributed by atoms with Crippen molar-refractivity contribution in [2.24, 2.45) is 0 Å². The predicted molar refractivity (Wildman–Crippen MR) is 108 cm³/mol. The van der Waals surface area contributed by atoms with Crippen molar-refractivity contribution in [2.45, 2.75) is 38.3 Å². The molecular weight excluding hydrogens is 370 g/mol. The molecule has 0 radical (unpaired) electrons. The fraction of sp³-hybridized carbons (Fsp3) is 0.571. The van der Waals surface area contributed by atoms with Crippen LogP contribution in [0.1, 0.15) is 31.6 Å². The molecule has 8 nitrogen and oxygen atoms in total.